The van der Waals surface area contributed by atoms with E-state index < -0.39 is 5.97 Å². The summed E-state index contributed by atoms with van der Waals surface area (Å²) >= 11 is 0. The molecule has 0 amide bonds. The molecule has 0 saturated heterocycles. The van der Waals surface area contributed by atoms with Crippen molar-refractivity contribution in [2.45, 2.75) is 32.6 Å². The van der Waals surface area contributed by atoms with E-state index in [-0.39, 0.29) is 6.42 Å². The Bertz CT molecular complexity index is 207. The van der Waals surface area contributed by atoms with Crippen LogP contribution >= 0.6 is 0 Å². The molecule has 0 unspecified atom stereocenters. The van der Waals surface area contributed by atoms with Crippen LogP contribution in [0.1, 0.15) is 32.6 Å². The average Bonchev–Trinajstić information content (AvgIpc) is 2.16. The summed E-state index contributed by atoms with van der Waals surface area (Å²) in [5, 5.41) is 8.39. The summed E-state index contributed by atoms with van der Waals surface area (Å²) in [6.07, 6.45) is 6.32. The SMILES string of the molecule is C=C/C(=C\CCC)OCCCC(=O)O. The molecule has 0 aliphatic carbocycles. The van der Waals surface area contributed by atoms with Gasteiger partial charge in [-0.3, -0.25) is 4.79 Å². The number of ether oxygens (including phenoxy) is 1. The molecule has 0 aliphatic rings. The number of carboxylic acid groups (broad SMARTS) is 1. The maximum atomic E-state index is 10.2. The van der Waals surface area contributed by atoms with E-state index in [4.69, 9.17) is 9.84 Å². The quantitative estimate of drug-likeness (QED) is 0.370. The summed E-state index contributed by atoms with van der Waals surface area (Å²) in [6.45, 7) is 6.14. The molecular weight excluding hydrogens is 180 g/mol. The fourth-order valence-corrected chi connectivity index (χ4v) is 0.901. The summed E-state index contributed by atoms with van der Waals surface area (Å²) < 4.78 is 5.32. The zero-order chi connectivity index (χ0) is 10.8. The third-order valence-electron chi connectivity index (χ3n) is 1.64. The zero-order valence-corrected chi connectivity index (χ0v) is 8.66. The standard InChI is InChI=1S/C11H18O3/c1-3-5-7-10(4-2)14-9-6-8-11(12)13/h4,7H,2-3,5-6,8-9H2,1H3,(H,12,13)/b10-7+. The minimum absolute atomic E-state index is 0.151. The van der Waals surface area contributed by atoms with E-state index in [0.717, 1.165) is 18.6 Å². The molecular formula is C11H18O3. The lowest BCUT2D eigenvalue weighted by molar-refractivity contribution is -0.137. The molecule has 0 bridgehead atoms. The molecule has 0 rings (SSSR count). The first-order valence-corrected chi connectivity index (χ1v) is 4.88. The van der Waals surface area contributed by atoms with Crippen LogP contribution in [-0.4, -0.2) is 17.7 Å². The van der Waals surface area contributed by atoms with E-state index >= 15 is 0 Å². The Balaban J connectivity index is 3.62. The second-order valence-corrected chi connectivity index (χ2v) is 2.95. The minimum Gasteiger partial charge on any atom is -0.494 e. The normalized spacial score (nSPS) is 11.1. The molecule has 0 aromatic rings. The predicted octanol–water partition coefficient (Wildman–Crippen LogP) is 2.74. The van der Waals surface area contributed by atoms with Gasteiger partial charge in [-0.25, -0.2) is 0 Å². The molecule has 1 N–H and O–H groups in total. The van der Waals surface area contributed by atoms with Gasteiger partial charge in [0.2, 0.25) is 0 Å². The molecule has 0 spiro atoms. The van der Waals surface area contributed by atoms with Crippen LogP contribution in [0.15, 0.2) is 24.5 Å². The van der Waals surface area contributed by atoms with E-state index in [1.54, 1.807) is 6.08 Å². The van der Waals surface area contributed by atoms with Crippen molar-refractivity contribution in [3.8, 4) is 0 Å². The minimum atomic E-state index is -0.786. The van der Waals surface area contributed by atoms with Gasteiger partial charge in [0.05, 0.1) is 6.61 Å². The maximum Gasteiger partial charge on any atom is 0.303 e. The van der Waals surface area contributed by atoms with Crippen molar-refractivity contribution in [1.82, 2.24) is 0 Å². The van der Waals surface area contributed by atoms with Crippen molar-refractivity contribution in [1.29, 1.82) is 0 Å². The molecule has 0 heterocycles. The Labute approximate surface area is 85.1 Å². The van der Waals surface area contributed by atoms with Crippen LogP contribution < -0.4 is 0 Å². The third kappa shape index (κ3) is 7.40. The van der Waals surface area contributed by atoms with E-state index in [1.165, 1.54) is 0 Å². The van der Waals surface area contributed by atoms with Gasteiger partial charge in [-0.15, -0.1) is 0 Å². The van der Waals surface area contributed by atoms with Gasteiger partial charge in [-0.1, -0.05) is 19.9 Å². The smallest absolute Gasteiger partial charge is 0.303 e. The van der Waals surface area contributed by atoms with Crippen LogP contribution in [0.25, 0.3) is 0 Å². The second kappa shape index (κ2) is 8.35. The first-order chi connectivity index (χ1) is 6.70. The lowest BCUT2D eigenvalue weighted by Crippen LogP contribution is -1.99. The summed E-state index contributed by atoms with van der Waals surface area (Å²) in [7, 11) is 0. The third-order valence-corrected chi connectivity index (χ3v) is 1.64. The van der Waals surface area contributed by atoms with E-state index in [1.807, 2.05) is 6.08 Å². The number of carboxylic acids is 1. The van der Waals surface area contributed by atoms with Crippen molar-refractivity contribution in [2.24, 2.45) is 0 Å². The lowest BCUT2D eigenvalue weighted by atomic mass is 10.3. The van der Waals surface area contributed by atoms with E-state index in [0.29, 0.717) is 13.0 Å². The highest BCUT2D eigenvalue weighted by Crippen LogP contribution is 2.03. The molecule has 0 aliphatic heterocycles. The van der Waals surface area contributed by atoms with Crippen LogP contribution in [-0.2, 0) is 9.53 Å². The van der Waals surface area contributed by atoms with Gasteiger partial charge in [-0.05, 0) is 25.0 Å². The summed E-state index contributed by atoms with van der Waals surface area (Å²) in [5.41, 5.74) is 0. The Kier molecular flexibility index (Phi) is 7.61. The molecule has 80 valence electrons. The first-order valence-electron chi connectivity index (χ1n) is 4.88. The predicted molar refractivity (Wildman–Crippen MR) is 56.0 cm³/mol. The van der Waals surface area contributed by atoms with Crippen molar-refractivity contribution in [2.75, 3.05) is 6.61 Å². The number of allylic oxidation sites excluding steroid dienone is 2. The molecule has 0 saturated carbocycles. The van der Waals surface area contributed by atoms with Gasteiger partial charge < -0.3 is 9.84 Å². The number of hydrogen-bond acceptors (Lipinski definition) is 2. The van der Waals surface area contributed by atoms with Crippen LogP contribution in [0, 0.1) is 0 Å². The second-order valence-electron chi connectivity index (χ2n) is 2.95. The van der Waals surface area contributed by atoms with Crippen LogP contribution in [0.3, 0.4) is 0 Å². The van der Waals surface area contributed by atoms with Gasteiger partial charge in [-0.2, -0.15) is 0 Å². The van der Waals surface area contributed by atoms with E-state index in [9.17, 15) is 4.79 Å². The number of aliphatic carboxylic acids is 1. The molecule has 0 fully saturated rings. The van der Waals surface area contributed by atoms with Gasteiger partial charge in [0.15, 0.2) is 0 Å². The highest BCUT2D eigenvalue weighted by molar-refractivity contribution is 5.66. The highest BCUT2D eigenvalue weighted by Gasteiger charge is 1.97. The van der Waals surface area contributed by atoms with Gasteiger partial charge in [0.25, 0.3) is 0 Å². The number of hydrogen-bond donors (Lipinski definition) is 1. The Morgan fingerprint density at radius 2 is 2.29 bits per heavy atom. The lowest BCUT2D eigenvalue weighted by Gasteiger charge is -2.05. The molecule has 0 aromatic heterocycles. The highest BCUT2D eigenvalue weighted by atomic mass is 16.5. The van der Waals surface area contributed by atoms with Gasteiger partial charge in [0, 0.05) is 6.42 Å². The van der Waals surface area contributed by atoms with Crippen LogP contribution in [0.2, 0.25) is 0 Å². The molecule has 14 heavy (non-hydrogen) atoms. The van der Waals surface area contributed by atoms with Gasteiger partial charge in [0.1, 0.15) is 5.76 Å². The summed E-state index contributed by atoms with van der Waals surface area (Å²) in [4.78, 5) is 10.2. The molecule has 0 aromatic carbocycles. The Morgan fingerprint density at radius 1 is 1.57 bits per heavy atom. The van der Waals surface area contributed by atoms with Crippen LogP contribution in [0.5, 0.6) is 0 Å². The summed E-state index contributed by atoms with van der Waals surface area (Å²) in [6, 6.07) is 0. The van der Waals surface area contributed by atoms with Gasteiger partial charge >= 0.3 is 5.97 Å². The van der Waals surface area contributed by atoms with E-state index in [2.05, 4.69) is 13.5 Å². The Hall–Kier alpha value is -1.25. The molecule has 3 heteroatoms. The van der Waals surface area contributed by atoms with Crippen molar-refractivity contribution in [3.63, 3.8) is 0 Å². The maximum absolute atomic E-state index is 10.2. The number of rotatable bonds is 8. The van der Waals surface area contributed by atoms with Crippen molar-refractivity contribution < 1.29 is 14.6 Å². The fraction of sp³-hybridized carbons (Fsp3) is 0.545. The van der Waals surface area contributed by atoms with Crippen molar-refractivity contribution >= 4 is 5.97 Å². The topological polar surface area (TPSA) is 46.5 Å². The van der Waals surface area contributed by atoms with Crippen LogP contribution in [0.4, 0.5) is 0 Å². The number of unbranched alkanes of at least 4 members (excludes halogenated alkanes) is 1. The molecule has 0 radical (unpaired) electrons. The zero-order valence-electron chi connectivity index (χ0n) is 8.66. The first kappa shape index (κ1) is 12.8. The van der Waals surface area contributed by atoms with Crippen molar-refractivity contribution in [3.05, 3.63) is 24.5 Å². The molecule has 0 atom stereocenters. The largest absolute Gasteiger partial charge is 0.494 e. The summed E-state index contributed by atoms with van der Waals surface area (Å²) in [5.74, 6) is -0.0384. The monoisotopic (exact) mass is 198 g/mol. The Morgan fingerprint density at radius 3 is 2.79 bits per heavy atom. The fourth-order valence-electron chi connectivity index (χ4n) is 0.901. The number of carbonyl (C=O) groups is 1. The molecule has 3 nitrogen and oxygen atoms in total. The average molecular weight is 198 g/mol.